The van der Waals surface area contributed by atoms with Gasteiger partial charge in [-0.2, -0.15) is 0 Å². The lowest BCUT2D eigenvalue weighted by atomic mass is 9.80. The molecule has 128 valence electrons. The lowest BCUT2D eigenvalue weighted by Gasteiger charge is -2.41. The number of aliphatic hydroxyl groups is 7. The summed E-state index contributed by atoms with van der Waals surface area (Å²) in [7, 11) is 0. The van der Waals surface area contributed by atoms with Gasteiger partial charge in [0.15, 0.2) is 0 Å². The molecule has 2 rings (SSSR count). The second-order valence-corrected chi connectivity index (χ2v) is 6.20. The van der Waals surface area contributed by atoms with Crippen LogP contribution in [0.5, 0.6) is 0 Å². The SMILES string of the molecule is OCC1=C[C@H](N[C@@H]2C[C@@H](CO)C[C@H](O)[C@@H]2O)[C@@H](O)[C@@H](O)[C@@H]1O. The zero-order chi connectivity index (χ0) is 16.4. The Bertz CT molecular complexity index is 405. The van der Waals surface area contributed by atoms with Crippen molar-refractivity contribution in [3.63, 3.8) is 0 Å². The third kappa shape index (κ3) is 3.50. The quantitative estimate of drug-likeness (QED) is 0.248. The van der Waals surface area contributed by atoms with E-state index in [1.54, 1.807) is 0 Å². The van der Waals surface area contributed by atoms with E-state index in [1.807, 2.05) is 0 Å². The van der Waals surface area contributed by atoms with E-state index in [0.717, 1.165) is 0 Å². The summed E-state index contributed by atoms with van der Waals surface area (Å²) < 4.78 is 0. The van der Waals surface area contributed by atoms with Gasteiger partial charge in [0.25, 0.3) is 0 Å². The Kier molecular flexibility index (Phi) is 5.92. The second kappa shape index (κ2) is 7.33. The van der Waals surface area contributed by atoms with Gasteiger partial charge in [-0.25, -0.2) is 0 Å². The van der Waals surface area contributed by atoms with Crippen LogP contribution in [0, 0.1) is 5.92 Å². The summed E-state index contributed by atoms with van der Waals surface area (Å²) >= 11 is 0. The molecule has 8 nitrogen and oxygen atoms in total. The molecule has 2 aliphatic rings. The molecule has 8 heteroatoms. The molecule has 0 aliphatic heterocycles. The molecule has 0 unspecified atom stereocenters. The van der Waals surface area contributed by atoms with E-state index in [1.165, 1.54) is 6.08 Å². The minimum Gasteiger partial charge on any atom is -0.396 e. The van der Waals surface area contributed by atoms with E-state index in [2.05, 4.69) is 5.32 Å². The maximum atomic E-state index is 10.1. The van der Waals surface area contributed by atoms with Crippen LogP contribution in [0.2, 0.25) is 0 Å². The van der Waals surface area contributed by atoms with Crippen LogP contribution >= 0.6 is 0 Å². The third-order valence-corrected chi connectivity index (χ3v) is 4.63. The molecule has 0 aromatic carbocycles. The first-order valence-corrected chi connectivity index (χ1v) is 7.47. The first-order valence-electron chi connectivity index (χ1n) is 7.47. The molecule has 22 heavy (non-hydrogen) atoms. The standard InChI is InChI=1S/C14H25NO7/c16-4-6-1-8(12(20)10(18)2-6)15-9-3-7(5-17)11(19)14(22)13(9)21/h3,6,8-22H,1-2,4-5H2/t6-,8-,9+,10+,11-,12-,13-,14+/m1/s1. The molecule has 2 aliphatic carbocycles. The van der Waals surface area contributed by atoms with Crippen molar-refractivity contribution in [2.75, 3.05) is 13.2 Å². The van der Waals surface area contributed by atoms with E-state index in [4.69, 9.17) is 0 Å². The highest BCUT2D eigenvalue weighted by molar-refractivity contribution is 5.22. The Labute approximate surface area is 128 Å². The maximum Gasteiger partial charge on any atom is 0.111 e. The molecular formula is C14H25NO7. The number of hydrogen-bond donors (Lipinski definition) is 8. The summed E-state index contributed by atoms with van der Waals surface area (Å²) in [4.78, 5) is 0. The normalized spacial score (nSPS) is 46.4. The summed E-state index contributed by atoms with van der Waals surface area (Å²) in [5.41, 5.74) is 0.180. The molecule has 1 saturated carbocycles. The monoisotopic (exact) mass is 319 g/mol. The van der Waals surface area contributed by atoms with E-state index in [-0.39, 0.29) is 18.1 Å². The van der Waals surface area contributed by atoms with Crippen LogP contribution in [-0.2, 0) is 0 Å². The van der Waals surface area contributed by atoms with Gasteiger partial charge in [0.2, 0.25) is 0 Å². The van der Waals surface area contributed by atoms with E-state index in [0.29, 0.717) is 12.8 Å². The highest BCUT2D eigenvalue weighted by Crippen LogP contribution is 2.27. The van der Waals surface area contributed by atoms with Crippen LogP contribution in [0.1, 0.15) is 12.8 Å². The topological polar surface area (TPSA) is 154 Å². The summed E-state index contributed by atoms with van der Waals surface area (Å²) in [6, 6.07) is -1.37. The van der Waals surface area contributed by atoms with Crippen molar-refractivity contribution in [1.29, 1.82) is 0 Å². The van der Waals surface area contributed by atoms with Crippen LogP contribution in [0.15, 0.2) is 11.6 Å². The van der Waals surface area contributed by atoms with Gasteiger partial charge in [0.1, 0.15) is 18.3 Å². The van der Waals surface area contributed by atoms with Crippen molar-refractivity contribution >= 4 is 0 Å². The maximum absolute atomic E-state index is 10.1. The van der Waals surface area contributed by atoms with Gasteiger partial charge in [-0.1, -0.05) is 6.08 Å². The second-order valence-electron chi connectivity index (χ2n) is 6.20. The zero-order valence-corrected chi connectivity index (χ0v) is 12.2. The van der Waals surface area contributed by atoms with Crippen molar-refractivity contribution in [3.8, 4) is 0 Å². The van der Waals surface area contributed by atoms with Crippen molar-refractivity contribution in [2.45, 2.75) is 55.4 Å². The predicted octanol–water partition coefficient (Wildman–Crippen LogP) is -3.55. The summed E-state index contributed by atoms with van der Waals surface area (Å²) in [5.74, 6) is -0.173. The van der Waals surface area contributed by atoms with Gasteiger partial charge in [-0.15, -0.1) is 0 Å². The smallest absolute Gasteiger partial charge is 0.111 e. The Morgan fingerprint density at radius 3 is 2.23 bits per heavy atom. The molecule has 8 N–H and O–H groups in total. The molecule has 0 amide bonds. The number of nitrogens with one attached hydrogen (secondary N) is 1. The average molecular weight is 319 g/mol. The average Bonchev–Trinajstić information content (AvgIpc) is 2.51. The molecule has 1 fully saturated rings. The van der Waals surface area contributed by atoms with Crippen molar-refractivity contribution in [2.24, 2.45) is 5.92 Å². The molecule has 8 atom stereocenters. The molecule has 0 bridgehead atoms. The van der Waals surface area contributed by atoms with E-state index < -0.39 is 49.2 Å². The number of aliphatic hydroxyl groups excluding tert-OH is 7. The van der Waals surface area contributed by atoms with Gasteiger partial charge in [-0.05, 0) is 24.3 Å². The molecule has 0 saturated heterocycles. The molecule has 0 aromatic rings. The molecule has 0 spiro atoms. The van der Waals surface area contributed by atoms with Crippen molar-refractivity contribution in [3.05, 3.63) is 11.6 Å². The first kappa shape index (κ1) is 17.8. The van der Waals surface area contributed by atoms with Gasteiger partial charge in [0, 0.05) is 12.6 Å². The van der Waals surface area contributed by atoms with Crippen LogP contribution in [0.3, 0.4) is 0 Å². The van der Waals surface area contributed by atoms with Gasteiger partial charge in [-0.3, -0.25) is 0 Å². The van der Waals surface area contributed by atoms with Gasteiger partial charge < -0.3 is 41.1 Å². The molecule has 0 aromatic heterocycles. The highest BCUT2D eigenvalue weighted by Gasteiger charge is 2.41. The number of rotatable bonds is 4. The fraction of sp³-hybridized carbons (Fsp3) is 0.857. The zero-order valence-electron chi connectivity index (χ0n) is 12.2. The third-order valence-electron chi connectivity index (χ3n) is 4.63. The van der Waals surface area contributed by atoms with Gasteiger partial charge in [0.05, 0.1) is 24.9 Å². The number of hydrogen-bond acceptors (Lipinski definition) is 8. The Hall–Kier alpha value is -0.580. The van der Waals surface area contributed by atoms with Crippen LogP contribution in [0.4, 0.5) is 0 Å². The highest BCUT2D eigenvalue weighted by atomic mass is 16.4. The van der Waals surface area contributed by atoms with Crippen molar-refractivity contribution in [1.82, 2.24) is 5.32 Å². The fourth-order valence-electron chi connectivity index (χ4n) is 3.25. The van der Waals surface area contributed by atoms with E-state index >= 15 is 0 Å². The Morgan fingerprint density at radius 1 is 0.955 bits per heavy atom. The summed E-state index contributed by atoms with van der Waals surface area (Å²) in [6.45, 7) is -0.577. The minimum absolute atomic E-state index is 0.117. The lowest BCUT2D eigenvalue weighted by molar-refractivity contribution is -0.0811. The fourth-order valence-corrected chi connectivity index (χ4v) is 3.25. The van der Waals surface area contributed by atoms with Crippen LogP contribution in [0.25, 0.3) is 0 Å². The largest absolute Gasteiger partial charge is 0.396 e. The Morgan fingerprint density at radius 2 is 1.64 bits per heavy atom. The molecular weight excluding hydrogens is 294 g/mol. The van der Waals surface area contributed by atoms with Gasteiger partial charge >= 0.3 is 0 Å². The minimum atomic E-state index is -1.45. The molecule has 0 radical (unpaired) electrons. The first-order chi connectivity index (χ1) is 10.4. The lowest BCUT2D eigenvalue weighted by Crippen LogP contribution is -2.60. The molecule has 0 heterocycles. The Balaban J connectivity index is 2.12. The van der Waals surface area contributed by atoms with E-state index in [9.17, 15) is 35.7 Å². The van der Waals surface area contributed by atoms with Crippen LogP contribution in [-0.4, -0.2) is 91.6 Å². The predicted molar refractivity (Wildman–Crippen MR) is 75.7 cm³/mol. The van der Waals surface area contributed by atoms with Crippen molar-refractivity contribution < 1.29 is 35.7 Å². The van der Waals surface area contributed by atoms with Crippen LogP contribution < -0.4 is 5.32 Å². The summed E-state index contributed by atoms with van der Waals surface area (Å²) in [6.07, 6.45) is -4.05. The summed E-state index contributed by atoms with van der Waals surface area (Å²) in [5, 5.41) is 70.8.